The van der Waals surface area contributed by atoms with Gasteiger partial charge in [-0.2, -0.15) is 5.10 Å². The van der Waals surface area contributed by atoms with Crippen LogP contribution in [0.4, 0.5) is 0 Å². The summed E-state index contributed by atoms with van der Waals surface area (Å²) in [6.07, 6.45) is 2.54. The minimum atomic E-state index is 0.145. The van der Waals surface area contributed by atoms with Gasteiger partial charge < -0.3 is 10.5 Å². The lowest BCUT2D eigenvalue weighted by Crippen LogP contribution is -2.23. The Bertz CT molecular complexity index is 597. The van der Waals surface area contributed by atoms with E-state index in [9.17, 15) is 0 Å². The van der Waals surface area contributed by atoms with Crippen LogP contribution in [-0.4, -0.2) is 17.9 Å². The Morgan fingerprint density at radius 1 is 1.14 bits per heavy atom. The highest BCUT2D eigenvalue weighted by Gasteiger charge is 1.96. The minimum Gasteiger partial charge on any atom is -0.493 e. The van der Waals surface area contributed by atoms with E-state index >= 15 is 0 Å². The highest BCUT2D eigenvalue weighted by Crippen LogP contribution is 2.11. The summed E-state index contributed by atoms with van der Waals surface area (Å²) < 4.78 is 5.71. The van der Waals surface area contributed by atoms with Crippen LogP contribution in [0.3, 0.4) is 0 Å². The Labute approximate surface area is 129 Å². The Morgan fingerprint density at radius 2 is 1.86 bits per heavy atom. The number of ether oxygens (including phenoxy) is 1. The van der Waals surface area contributed by atoms with E-state index in [-0.39, 0.29) is 5.11 Å². The number of rotatable bonds is 6. The van der Waals surface area contributed by atoms with E-state index in [4.69, 9.17) is 10.5 Å². The molecule has 0 atom stereocenters. The zero-order valence-corrected chi connectivity index (χ0v) is 12.3. The normalized spacial score (nSPS) is 10.5. The van der Waals surface area contributed by atoms with Gasteiger partial charge in [0, 0.05) is 6.42 Å². The van der Waals surface area contributed by atoms with Crippen LogP contribution in [0.1, 0.15) is 11.1 Å². The van der Waals surface area contributed by atoms with Gasteiger partial charge in [-0.05, 0) is 47.6 Å². The summed E-state index contributed by atoms with van der Waals surface area (Å²) in [4.78, 5) is 0. The molecule has 2 rings (SSSR count). The van der Waals surface area contributed by atoms with Gasteiger partial charge in [0.2, 0.25) is 0 Å². The number of nitrogens with zero attached hydrogens (tertiary/aromatic N) is 1. The summed E-state index contributed by atoms with van der Waals surface area (Å²) in [6, 6.07) is 17.9. The standard InChI is InChI=1S/C16H17N3OS/c17-16(21)19-18-12-14-6-8-15(9-7-14)20-11-10-13-4-2-1-3-5-13/h1-9,12H,10-11H2,(H3,17,19,21)/b18-12+. The van der Waals surface area contributed by atoms with Crippen molar-refractivity contribution < 1.29 is 4.74 Å². The van der Waals surface area contributed by atoms with Crippen molar-refractivity contribution in [1.29, 1.82) is 0 Å². The number of nitrogens with two attached hydrogens (primary N) is 1. The first kappa shape index (κ1) is 15.0. The van der Waals surface area contributed by atoms with Gasteiger partial charge in [-0.15, -0.1) is 0 Å². The van der Waals surface area contributed by atoms with Crippen molar-refractivity contribution in [3.63, 3.8) is 0 Å². The molecule has 0 aliphatic rings. The van der Waals surface area contributed by atoms with Crippen LogP contribution in [-0.2, 0) is 6.42 Å². The van der Waals surface area contributed by atoms with Crippen LogP contribution in [0.2, 0.25) is 0 Å². The highest BCUT2D eigenvalue weighted by atomic mass is 32.1. The molecule has 2 aromatic rings. The summed E-state index contributed by atoms with van der Waals surface area (Å²) >= 11 is 4.65. The van der Waals surface area contributed by atoms with Crippen LogP contribution in [0.25, 0.3) is 0 Å². The zero-order valence-electron chi connectivity index (χ0n) is 11.5. The molecule has 0 bridgehead atoms. The number of hydrazone groups is 1. The number of hydrogen-bond donors (Lipinski definition) is 2. The average Bonchev–Trinajstić information content (AvgIpc) is 2.50. The molecule has 0 saturated carbocycles. The molecule has 0 aliphatic carbocycles. The predicted molar refractivity (Wildman–Crippen MR) is 89.6 cm³/mol. The van der Waals surface area contributed by atoms with E-state index in [2.05, 4.69) is 34.9 Å². The van der Waals surface area contributed by atoms with Crippen molar-refractivity contribution in [3.8, 4) is 5.75 Å². The first-order valence-corrected chi connectivity index (χ1v) is 7.00. The first-order chi connectivity index (χ1) is 10.2. The molecular weight excluding hydrogens is 282 g/mol. The Balaban J connectivity index is 1.79. The maximum absolute atomic E-state index is 5.71. The Hall–Kier alpha value is -2.40. The fraction of sp³-hybridized carbons (Fsp3) is 0.125. The molecule has 108 valence electrons. The van der Waals surface area contributed by atoms with Crippen LogP contribution in [0, 0.1) is 0 Å². The van der Waals surface area contributed by atoms with Crippen molar-refractivity contribution in [3.05, 3.63) is 65.7 Å². The molecule has 0 saturated heterocycles. The van der Waals surface area contributed by atoms with Crippen molar-refractivity contribution in [2.75, 3.05) is 6.61 Å². The van der Waals surface area contributed by atoms with Crippen molar-refractivity contribution in [2.24, 2.45) is 10.8 Å². The van der Waals surface area contributed by atoms with Crippen LogP contribution in [0.15, 0.2) is 59.7 Å². The van der Waals surface area contributed by atoms with E-state index in [0.29, 0.717) is 6.61 Å². The third kappa shape index (κ3) is 5.62. The lowest BCUT2D eigenvalue weighted by Gasteiger charge is -2.06. The Kier molecular flexibility index (Phi) is 5.72. The van der Waals surface area contributed by atoms with Gasteiger partial charge in [0.25, 0.3) is 0 Å². The minimum absolute atomic E-state index is 0.145. The molecule has 0 heterocycles. The predicted octanol–water partition coefficient (Wildman–Crippen LogP) is 2.48. The summed E-state index contributed by atoms with van der Waals surface area (Å²) in [5.74, 6) is 0.838. The van der Waals surface area contributed by atoms with E-state index in [0.717, 1.165) is 17.7 Å². The van der Waals surface area contributed by atoms with Gasteiger partial charge in [0.15, 0.2) is 5.11 Å². The number of thiocarbonyl (C=S) groups is 1. The quantitative estimate of drug-likeness (QED) is 0.489. The molecule has 0 unspecified atom stereocenters. The number of nitrogens with one attached hydrogen (secondary N) is 1. The number of benzene rings is 2. The fourth-order valence-corrected chi connectivity index (χ4v) is 1.80. The average molecular weight is 299 g/mol. The summed E-state index contributed by atoms with van der Waals surface area (Å²) in [5.41, 5.74) is 9.99. The molecule has 0 spiro atoms. The molecule has 5 heteroatoms. The van der Waals surface area contributed by atoms with E-state index in [1.807, 2.05) is 42.5 Å². The van der Waals surface area contributed by atoms with Gasteiger partial charge in [-0.25, -0.2) is 0 Å². The van der Waals surface area contributed by atoms with Gasteiger partial charge in [-0.1, -0.05) is 30.3 Å². The molecule has 0 fully saturated rings. The second-order valence-corrected chi connectivity index (χ2v) is 4.83. The lowest BCUT2D eigenvalue weighted by molar-refractivity contribution is 0.322. The van der Waals surface area contributed by atoms with E-state index < -0.39 is 0 Å². The lowest BCUT2D eigenvalue weighted by atomic mass is 10.2. The molecular formula is C16H17N3OS. The molecule has 0 aromatic heterocycles. The second kappa shape index (κ2) is 8.01. The van der Waals surface area contributed by atoms with Gasteiger partial charge in [0.05, 0.1) is 12.8 Å². The van der Waals surface area contributed by atoms with Gasteiger partial charge in [0.1, 0.15) is 5.75 Å². The topological polar surface area (TPSA) is 59.6 Å². The number of hydrogen-bond acceptors (Lipinski definition) is 3. The summed E-state index contributed by atoms with van der Waals surface area (Å²) in [7, 11) is 0. The molecule has 2 aromatic carbocycles. The third-order valence-electron chi connectivity index (χ3n) is 2.77. The van der Waals surface area contributed by atoms with Gasteiger partial charge in [-0.3, -0.25) is 5.43 Å². The Morgan fingerprint density at radius 3 is 2.52 bits per heavy atom. The van der Waals surface area contributed by atoms with Crippen molar-refractivity contribution in [1.82, 2.24) is 5.43 Å². The van der Waals surface area contributed by atoms with Crippen LogP contribution >= 0.6 is 12.2 Å². The molecule has 3 N–H and O–H groups in total. The third-order valence-corrected chi connectivity index (χ3v) is 2.86. The second-order valence-electron chi connectivity index (χ2n) is 4.39. The van der Waals surface area contributed by atoms with E-state index in [1.54, 1.807) is 6.21 Å². The molecule has 0 aliphatic heterocycles. The first-order valence-electron chi connectivity index (χ1n) is 6.59. The molecule has 0 radical (unpaired) electrons. The monoisotopic (exact) mass is 299 g/mol. The molecule has 4 nitrogen and oxygen atoms in total. The maximum Gasteiger partial charge on any atom is 0.184 e. The van der Waals surface area contributed by atoms with Crippen LogP contribution < -0.4 is 15.9 Å². The molecule has 0 amide bonds. The van der Waals surface area contributed by atoms with Gasteiger partial charge >= 0.3 is 0 Å². The fourth-order valence-electron chi connectivity index (χ4n) is 1.75. The highest BCUT2D eigenvalue weighted by molar-refractivity contribution is 7.80. The SMILES string of the molecule is NC(=S)N/N=C/c1ccc(OCCc2ccccc2)cc1. The summed E-state index contributed by atoms with van der Waals surface area (Å²) in [5, 5.41) is 4.04. The van der Waals surface area contributed by atoms with Crippen molar-refractivity contribution >= 4 is 23.5 Å². The maximum atomic E-state index is 5.71. The summed E-state index contributed by atoms with van der Waals surface area (Å²) in [6.45, 7) is 0.653. The van der Waals surface area contributed by atoms with Crippen molar-refractivity contribution in [2.45, 2.75) is 6.42 Å². The zero-order chi connectivity index (χ0) is 14.9. The van der Waals surface area contributed by atoms with Crippen LogP contribution in [0.5, 0.6) is 5.75 Å². The smallest absolute Gasteiger partial charge is 0.184 e. The largest absolute Gasteiger partial charge is 0.493 e. The van der Waals surface area contributed by atoms with E-state index in [1.165, 1.54) is 5.56 Å². The molecule has 21 heavy (non-hydrogen) atoms.